The molecule has 0 amide bonds. The van der Waals surface area contributed by atoms with E-state index in [1.165, 1.54) is 12.1 Å². The van der Waals surface area contributed by atoms with Gasteiger partial charge in [0.2, 0.25) is 0 Å². The van der Waals surface area contributed by atoms with Crippen molar-refractivity contribution < 1.29 is 14.3 Å². The van der Waals surface area contributed by atoms with Gasteiger partial charge in [-0.15, -0.1) is 0 Å². The van der Waals surface area contributed by atoms with E-state index in [-0.39, 0.29) is 11.3 Å². The fourth-order valence-electron chi connectivity index (χ4n) is 1.65. The average Bonchev–Trinajstić information content (AvgIpc) is 2.39. The van der Waals surface area contributed by atoms with Crippen molar-refractivity contribution in [2.45, 2.75) is 6.54 Å². The molecule has 0 aliphatic heterocycles. The van der Waals surface area contributed by atoms with Crippen LogP contribution >= 0.6 is 27.5 Å². The molecule has 2 rings (SSSR count). The molecule has 3 nitrogen and oxygen atoms in total. The van der Waals surface area contributed by atoms with Crippen molar-refractivity contribution in [3.63, 3.8) is 0 Å². The van der Waals surface area contributed by atoms with Gasteiger partial charge in [0.05, 0.1) is 11.3 Å². The van der Waals surface area contributed by atoms with E-state index in [4.69, 9.17) is 16.7 Å². The molecule has 0 heterocycles. The number of rotatable bonds is 4. The zero-order chi connectivity index (χ0) is 14.7. The van der Waals surface area contributed by atoms with E-state index >= 15 is 0 Å². The minimum absolute atomic E-state index is 0.0239. The lowest BCUT2D eigenvalue weighted by Crippen LogP contribution is -2.04. The first-order valence-corrected chi connectivity index (χ1v) is 6.85. The third-order valence-electron chi connectivity index (χ3n) is 2.70. The lowest BCUT2D eigenvalue weighted by atomic mass is 10.1. The van der Waals surface area contributed by atoms with E-state index in [0.717, 1.165) is 16.1 Å². The monoisotopic (exact) mass is 357 g/mol. The molecule has 0 aliphatic carbocycles. The molecule has 104 valence electrons. The lowest BCUT2D eigenvalue weighted by Gasteiger charge is -2.10. The summed E-state index contributed by atoms with van der Waals surface area (Å²) in [5.41, 5.74) is 0.940. The second-order valence-corrected chi connectivity index (χ2v) is 5.41. The molecule has 0 unspecified atom stereocenters. The lowest BCUT2D eigenvalue weighted by molar-refractivity contribution is 0.0697. The predicted molar refractivity (Wildman–Crippen MR) is 79.8 cm³/mol. The van der Waals surface area contributed by atoms with Gasteiger partial charge in [-0.3, -0.25) is 0 Å². The second kappa shape index (κ2) is 6.24. The Morgan fingerprint density at radius 2 is 2.05 bits per heavy atom. The first-order chi connectivity index (χ1) is 9.47. The molecule has 20 heavy (non-hydrogen) atoms. The summed E-state index contributed by atoms with van der Waals surface area (Å²) in [7, 11) is 0. The number of carboxylic acids is 1. The molecule has 0 spiro atoms. The summed E-state index contributed by atoms with van der Waals surface area (Å²) in [6.07, 6.45) is 0. The van der Waals surface area contributed by atoms with Crippen molar-refractivity contribution in [2.24, 2.45) is 0 Å². The zero-order valence-corrected chi connectivity index (χ0v) is 12.5. The van der Waals surface area contributed by atoms with Gasteiger partial charge in [0.1, 0.15) is 5.82 Å². The first kappa shape index (κ1) is 14.8. The summed E-state index contributed by atoms with van der Waals surface area (Å²) in [5.74, 6) is -1.61. The first-order valence-electron chi connectivity index (χ1n) is 5.68. The number of halogens is 3. The van der Waals surface area contributed by atoms with Crippen molar-refractivity contribution in [2.75, 3.05) is 5.32 Å². The van der Waals surface area contributed by atoms with E-state index in [0.29, 0.717) is 11.6 Å². The Kier molecular flexibility index (Phi) is 4.62. The van der Waals surface area contributed by atoms with E-state index in [2.05, 4.69) is 21.2 Å². The van der Waals surface area contributed by atoms with Crippen LogP contribution < -0.4 is 5.32 Å². The maximum Gasteiger partial charge on any atom is 0.335 e. The van der Waals surface area contributed by atoms with Crippen molar-refractivity contribution in [1.82, 2.24) is 0 Å². The molecular formula is C14H10BrClFNO2. The maximum atomic E-state index is 13.6. The average molecular weight is 359 g/mol. The normalized spacial score (nSPS) is 10.3. The number of benzene rings is 2. The van der Waals surface area contributed by atoms with Crippen LogP contribution in [-0.2, 0) is 6.54 Å². The van der Waals surface area contributed by atoms with Crippen LogP contribution in [0.5, 0.6) is 0 Å². The molecule has 0 radical (unpaired) electrons. The number of aromatic carboxylic acids is 1. The standard InChI is InChI=1S/C14H10BrClFNO2/c15-10-3-1-9(11(16)6-10)7-18-13-5-8(14(19)20)2-4-12(13)17/h1-6,18H,7H2,(H,19,20). The molecule has 0 aliphatic rings. The Labute approximate surface area is 128 Å². The van der Waals surface area contributed by atoms with Crippen molar-refractivity contribution in [1.29, 1.82) is 0 Å². The number of hydrogen-bond donors (Lipinski definition) is 2. The zero-order valence-electron chi connectivity index (χ0n) is 10.2. The summed E-state index contributed by atoms with van der Waals surface area (Å²) in [6.45, 7) is 0.298. The largest absolute Gasteiger partial charge is 0.478 e. The van der Waals surface area contributed by atoms with Crippen molar-refractivity contribution in [3.05, 3.63) is 62.8 Å². The molecule has 0 fully saturated rings. The van der Waals surface area contributed by atoms with E-state index in [9.17, 15) is 9.18 Å². The molecule has 0 saturated carbocycles. The van der Waals surface area contributed by atoms with Crippen molar-refractivity contribution in [3.8, 4) is 0 Å². The Bertz CT molecular complexity index is 664. The Hall–Kier alpha value is -1.59. The van der Waals surface area contributed by atoms with Gasteiger partial charge in [0, 0.05) is 16.0 Å². The highest BCUT2D eigenvalue weighted by molar-refractivity contribution is 9.10. The molecule has 2 aromatic rings. The van der Waals surface area contributed by atoms with Crippen LogP contribution in [-0.4, -0.2) is 11.1 Å². The van der Waals surface area contributed by atoms with Crippen LogP contribution in [0.4, 0.5) is 10.1 Å². The molecule has 6 heteroatoms. The minimum Gasteiger partial charge on any atom is -0.478 e. The van der Waals surface area contributed by atoms with Gasteiger partial charge in [0.25, 0.3) is 0 Å². The van der Waals surface area contributed by atoms with Crippen LogP contribution in [0.3, 0.4) is 0 Å². The molecule has 2 N–H and O–H groups in total. The van der Waals surface area contributed by atoms with Gasteiger partial charge >= 0.3 is 5.97 Å². The number of hydrogen-bond acceptors (Lipinski definition) is 2. The summed E-state index contributed by atoms with van der Waals surface area (Å²) in [5, 5.41) is 12.3. The molecule has 2 aromatic carbocycles. The third-order valence-corrected chi connectivity index (χ3v) is 3.54. The quantitative estimate of drug-likeness (QED) is 0.843. The summed E-state index contributed by atoms with van der Waals surface area (Å²) in [6, 6.07) is 8.96. The predicted octanol–water partition coefficient (Wildman–Crippen LogP) is 4.55. The number of anilines is 1. The van der Waals surface area contributed by atoms with E-state index < -0.39 is 11.8 Å². The topological polar surface area (TPSA) is 49.3 Å². The highest BCUT2D eigenvalue weighted by Crippen LogP contribution is 2.23. The molecule has 0 saturated heterocycles. The smallest absolute Gasteiger partial charge is 0.335 e. The van der Waals surface area contributed by atoms with Crippen LogP contribution in [0.2, 0.25) is 5.02 Å². The summed E-state index contributed by atoms with van der Waals surface area (Å²) in [4.78, 5) is 10.9. The maximum absolute atomic E-state index is 13.6. The Morgan fingerprint density at radius 3 is 2.70 bits per heavy atom. The van der Waals surface area contributed by atoms with Gasteiger partial charge in [-0.2, -0.15) is 0 Å². The number of carboxylic acid groups (broad SMARTS) is 1. The highest BCUT2D eigenvalue weighted by Gasteiger charge is 2.09. The highest BCUT2D eigenvalue weighted by atomic mass is 79.9. The SMILES string of the molecule is O=C(O)c1ccc(F)c(NCc2ccc(Br)cc2Cl)c1. The van der Waals surface area contributed by atoms with Crippen molar-refractivity contribution >= 4 is 39.2 Å². The molecule has 0 atom stereocenters. The van der Waals surface area contributed by atoms with Gasteiger partial charge in [0.15, 0.2) is 0 Å². The molecular weight excluding hydrogens is 349 g/mol. The van der Waals surface area contributed by atoms with Crippen LogP contribution in [0, 0.1) is 5.82 Å². The van der Waals surface area contributed by atoms with Gasteiger partial charge in [-0.05, 0) is 35.9 Å². The number of nitrogens with one attached hydrogen (secondary N) is 1. The fourth-order valence-corrected chi connectivity index (χ4v) is 2.39. The Morgan fingerprint density at radius 1 is 1.30 bits per heavy atom. The summed E-state index contributed by atoms with van der Waals surface area (Å²) >= 11 is 9.36. The fraction of sp³-hybridized carbons (Fsp3) is 0.0714. The minimum atomic E-state index is -1.10. The Balaban J connectivity index is 2.18. The van der Waals surface area contributed by atoms with E-state index in [1.54, 1.807) is 12.1 Å². The summed E-state index contributed by atoms with van der Waals surface area (Å²) < 4.78 is 14.5. The second-order valence-electron chi connectivity index (χ2n) is 4.09. The molecule has 0 aromatic heterocycles. The third kappa shape index (κ3) is 3.49. The number of carbonyl (C=O) groups is 1. The molecule has 0 bridgehead atoms. The van der Waals surface area contributed by atoms with Gasteiger partial charge in [-0.1, -0.05) is 33.6 Å². The van der Waals surface area contributed by atoms with Gasteiger partial charge < -0.3 is 10.4 Å². The van der Waals surface area contributed by atoms with E-state index in [1.807, 2.05) is 6.07 Å². The van der Waals surface area contributed by atoms with Crippen LogP contribution in [0.1, 0.15) is 15.9 Å². The van der Waals surface area contributed by atoms with Gasteiger partial charge in [-0.25, -0.2) is 9.18 Å². The van der Waals surface area contributed by atoms with Crippen LogP contribution in [0.25, 0.3) is 0 Å². The van der Waals surface area contributed by atoms with Crippen LogP contribution in [0.15, 0.2) is 40.9 Å².